The highest BCUT2D eigenvalue weighted by Crippen LogP contribution is 2.06. The van der Waals surface area contributed by atoms with E-state index >= 15 is 0 Å². The van der Waals surface area contributed by atoms with E-state index < -0.39 is 0 Å². The van der Waals surface area contributed by atoms with Gasteiger partial charge < -0.3 is 0 Å². The van der Waals surface area contributed by atoms with Crippen molar-refractivity contribution in [3.8, 4) is 6.07 Å². The highest BCUT2D eigenvalue weighted by Gasteiger charge is 1.85. The van der Waals surface area contributed by atoms with Crippen molar-refractivity contribution >= 4 is 12.2 Å². The van der Waals surface area contributed by atoms with Crippen molar-refractivity contribution in [2.45, 2.75) is 0 Å². The molecule has 0 heterocycles. The Morgan fingerprint density at radius 1 is 1.17 bits per heavy atom. The fourth-order valence-electron chi connectivity index (χ4n) is 0.877. The van der Waals surface area contributed by atoms with Gasteiger partial charge in [0.1, 0.15) is 0 Å². The second-order valence-corrected chi connectivity index (χ2v) is 2.33. The van der Waals surface area contributed by atoms with Gasteiger partial charge >= 0.3 is 0 Å². The Morgan fingerprint density at radius 3 is 2.25 bits per heavy atom. The second kappa shape index (κ2) is 4.15. The topological polar surface area (TPSA) is 23.8 Å². The third-order valence-corrected chi connectivity index (χ3v) is 1.52. The van der Waals surface area contributed by atoms with E-state index in [4.69, 9.17) is 5.26 Å². The zero-order valence-electron chi connectivity index (χ0n) is 6.70. The molecule has 1 aromatic rings. The van der Waals surface area contributed by atoms with Gasteiger partial charge in [-0.05, 0) is 17.2 Å². The molecule has 0 N–H and O–H groups in total. The maximum atomic E-state index is 8.28. The van der Waals surface area contributed by atoms with Crippen LogP contribution in [-0.4, -0.2) is 0 Å². The van der Waals surface area contributed by atoms with Gasteiger partial charge in [-0.1, -0.05) is 36.9 Å². The van der Waals surface area contributed by atoms with Gasteiger partial charge in [-0.15, -0.1) is 0 Å². The summed E-state index contributed by atoms with van der Waals surface area (Å²) >= 11 is 0. The highest BCUT2D eigenvalue weighted by atomic mass is 14.2. The Bertz CT molecular complexity index is 325. The summed E-state index contributed by atoms with van der Waals surface area (Å²) in [5, 5.41) is 8.28. The minimum absolute atomic E-state index is 1.03. The normalized spacial score (nSPS) is 9.58. The third-order valence-electron chi connectivity index (χ3n) is 1.52. The van der Waals surface area contributed by atoms with Crippen molar-refractivity contribution in [1.29, 1.82) is 5.26 Å². The molecule has 0 fully saturated rings. The number of allylic oxidation sites excluding steroid dienone is 1. The number of hydrogen-bond donors (Lipinski definition) is 0. The summed E-state index contributed by atoms with van der Waals surface area (Å²) in [5.74, 6) is 0. The van der Waals surface area contributed by atoms with Crippen LogP contribution < -0.4 is 0 Å². The van der Waals surface area contributed by atoms with E-state index in [0.29, 0.717) is 0 Å². The molecule has 1 nitrogen and oxygen atoms in total. The van der Waals surface area contributed by atoms with Gasteiger partial charge in [-0.3, -0.25) is 0 Å². The Labute approximate surface area is 72.3 Å². The van der Waals surface area contributed by atoms with Crippen molar-refractivity contribution < 1.29 is 0 Å². The van der Waals surface area contributed by atoms with E-state index in [1.807, 2.05) is 30.3 Å². The first-order chi connectivity index (χ1) is 5.86. The van der Waals surface area contributed by atoms with Crippen LogP contribution in [0.1, 0.15) is 11.1 Å². The van der Waals surface area contributed by atoms with Crippen LogP contribution in [0.3, 0.4) is 0 Å². The zero-order valence-corrected chi connectivity index (χ0v) is 6.70. The standard InChI is InChI=1S/C11H9N/c1-2-10-5-7-11(8-6-10)4-3-9-12/h2-8H,1H2. The summed E-state index contributed by atoms with van der Waals surface area (Å²) in [6.45, 7) is 3.65. The maximum absolute atomic E-state index is 8.28. The van der Waals surface area contributed by atoms with Crippen LogP contribution in [0.4, 0.5) is 0 Å². The summed E-state index contributed by atoms with van der Waals surface area (Å²) in [6, 6.07) is 9.77. The van der Waals surface area contributed by atoms with E-state index in [1.165, 1.54) is 6.08 Å². The lowest BCUT2D eigenvalue weighted by Gasteiger charge is -1.93. The van der Waals surface area contributed by atoms with Crippen LogP contribution in [0.15, 0.2) is 36.9 Å². The van der Waals surface area contributed by atoms with Crippen LogP contribution >= 0.6 is 0 Å². The lowest BCUT2D eigenvalue weighted by atomic mass is 10.1. The molecule has 0 radical (unpaired) electrons. The van der Waals surface area contributed by atoms with Crippen LogP contribution in [0.5, 0.6) is 0 Å². The van der Waals surface area contributed by atoms with Gasteiger partial charge in [0.05, 0.1) is 6.07 Å². The molecular weight excluding hydrogens is 146 g/mol. The van der Waals surface area contributed by atoms with Crippen molar-refractivity contribution in [3.63, 3.8) is 0 Å². The molecule has 0 aliphatic rings. The Morgan fingerprint density at radius 2 is 1.75 bits per heavy atom. The lowest BCUT2D eigenvalue weighted by Crippen LogP contribution is -1.72. The molecule has 0 amide bonds. The summed E-state index contributed by atoms with van der Waals surface area (Å²) < 4.78 is 0. The SMILES string of the molecule is C=Cc1ccc(C=CC#N)cc1. The smallest absolute Gasteiger partial charge is 0.0912 e. The van der Waals surface area contributed by atoms with Gasteiger partial charge in [-0.2, -0.15) is 5.26 Å². The molecule has 58 valence electrons. The Kier molecular flexibility index (Phi) is 2.87. The van der Waals surface area contributed by atoms with E-state index in [0.717, 1.165) is 11.1 Å². The first kappa shape index (κ1) is 8.29. The summed E-state index contributed by atoms with van der Waals surface area (Å²) in [5.41, 5.74) is 2.12. The second-order valence-electron chi connectivity index (χ2n) is 2.33. The molecule has 0 bridgehead atoms. The van der Waals surface area contributed by atoms with E-state index in [-0.39, 0.29) is 0 Å². The molecule has 0 aliphatic carbocycles. The lowest BCUT2D eigenvalue weighted by molar-refractivity contribution is 1.53. The van der Waals surface area contributed by atoms with E-state index in [1.54, 1.807) is 12.2 Å². The van der Waals surface area contributed by atoms with Crippen LogP contribution in [-0.2, 0) is 0 Å². The first-order valence-corrected chi connectivity index (χ1v) is 3.65. The fourth-order valence-corrected chi connectivity index (χ4v) is 0.877. The summed E-state index contributed by atoms with van der Waals surface area (Å²) in [7, 11) is 0. The maximum Gasteiger partial charge on any atom is 0.0912 e. The molecule has 1 aromatic carbocycles. The Balaban J connectivity index is 2.86. The molecule has 0 saturated carbocycles. The third kappa shape index (κ3) is 2.10. The molecule has 0 spiro atoms. The van der Waals surface area contributed by atoms with E-state index in [2.05, 4.69) is 6.58 Å². The van der Waals surface area contributed by atoms with Crippen molar-refractivity contribution in [2.24, 2.45) is 0 Å². The molecule has 0 unspecified atom stereocenters. The number of rotatable bonds is 2. The molecule has 12 heavy (non-hydrogen) atoms. The molecule has 0 saturated heterocycles. The van der Waals surface area contributed by atoms with E-state index in [9.17, 15) is 0 Å². The van der Waals surface area contributed by atoms with Crippen LogP contribution in [0.2, 0.25) is 0 Å². The number of benzene rings is 1. The molecule has 0 atom stereocenters. The van der Waals surface area contributed by atoms with Gasteiger partial charge in [0.15, 0.2) is 0 Å². The predicted octanol–water partition coefficient (Wildman–Crippen LogP) is 2.87. The number of nitriles is 1. The molecule has 1 heteroatoms. The molecule has 0 aromatic heterocycles. The van der Waals surface area contributed by atoms with Crippen molar-refractivity contribution in [2.75, 3.05) is 0 Å². The monoisotopic (exact) mass is 155 g/mol. The van der Waals surface area contributed by atoms with Crippen LogP contribution in [0, 0.1) is 11.3 Å². The molecular formula is C11H9N. The summed E-state index contributed by atoms with van der Waals surface area (Å²) in [6.07, 6.45) is 5.02. The largest absolute Gasteiger partial charge is 0.193 e. The van der Waals surface area contributed by atoms with Gasteiger partial charge in [0.25, 0.3) is 0 Å². The van der Waals surface area contributed by atoms with Gasteiger partial charge in [0.2, 0.25) is 0 Å². The van der Waals surface area contributed by atoms with Crippen molar-refractivity contribution in [3.05, 3.63) is 48.0 Å². The molecule has 0 aliphatic heterocycles. The number of nitrogens with zero attached hydrogens (tertiary/aromatic N) is 1. The number of hydrogen-bond acceptors (Lipinski definition) is 1. The van der Waals surface area contributed by atoms with Crippen LogP contribution in [0.25, 0.3) is 12.2 Å². The Hall–Kier alpha value is -1.81. The predicted molar refractivity (Wildman–Crippen MR) is 51.2 cm³/mol. The minimum Gasteiger partial charge on any atom is -0.193 e. The quantitative estimate of drug-likeness (QED) is 0.602. The summed E-state index contributed by atoms with van der Waals surface area (Å²) in [4.78, 5) is 0. The average Bonchev–Trinajstić information content (AvgIpc) is 2.15. The molecule has 1 rings (SSSR count). The highest BCUT2D eigenvalue weighted by molar-refractivity contribution is 5.55. The van der Waals surface area contributed by atoms with Gasteiger partial charge in [0, 0.05) is 6.08 Å². The van der Waals surface area contributed by atoms with Crippen molar-refractivity contribution in [1.82, 2.24) is 0 Å². The zero-order chi connectivity index (χ0) is 8.81. The minimum atomic E-state index is 1.03. The fraction of sp³-hybridized carbons (Fsp3) is 0. The first-order valence-electron chi connectivity index (χ1n) is 3.65. The van der Waals surface area contributed by atoms with Gasteiger partial charge in [-0.25, -0.2) is 0 Å². The average molecular weight is 155 g/mol.